The van der Waals surface area contributed by atoms with E-state index in [0.29, 0.717) is 17.1 Å². The smallest absolute Gasteiger partial charge is 0.229 e. The minimum Gasteiger partial charge on any atom is -0.493 e. The van der Waals surface area contributed by atoms with Crippen molar-refractivity contribution < 1.29 is 13.9 Å². The lowest BCUT2D eigenvalue weighted by Gasteiger charge is -1.98. The zero-order valence-electron chi connectivity index (χ0n) is 8.12. The third-order valence-electron chi connectivity index (χ3n) is 2.09. The summed E-state index contributed by atoms with van der Waals surface area (Å²) in [6.45, 7) is 0. The quantitative estimate of drug-likeness (QED) is 0.753. The molecule has 0 aliphatic heterocycles. The van der Waals surface area contributed by atoms with Crippen LogP contribution in [0.2, 0.25) is 0 Å². The summed E-state index contributed by atoms with van der Waals surface area (Å²) in [5.41, 5.74) is 0.646. The highest BCUT2D eigenvalue weighted by atomic mass is 35.5. The molecule has 1 aromatic heterocycles. The Labute approximate surface area is 91.6 Å². The van der Waals surface area contributed by atoms with Gasteiger partial charge >= 0.3 is 0 Å². The highest BCUT2D eigenvalue weighted by Crippen LogP contribution is 2.28. The molecule has 0 radical (unpaired) electrons. The van der Waals surface area contributed by atoms with Gasteiger partial charge in [0, 0.05) is 5.39 Å². The van der Waals surface area contributed by atoms with Crippen LogP contribution in [0.4, 0.5) is 0 Å². The van der Waals surface area contributed by atoms with Gasteiger partial charge in [-0.15, -0.1) is 0 Å². The number of benzene rings is 1. The summed E-state index contributed by atoms with van der Waals surface area (Å²) in [5.74, 6) is 1.20. The van der Waals surface area contributed by atoms with Crippen molar-refractivity contribution in [3.8, 4) is 5.75 Å². The van der Waals surface area contributed by atoms with Gasteiger partial charge in [0.2, 0.25) is 5.24 Å². The molecule has 0 saturated carbocycles. The number of carbonyl (C=O) groups is 1. The van der Waals surface area contributed by atoms with Crippen LogP contribution < -0.4 is 4.74 Å². The maximum atomic E-state index is 10.7. The van der Waals surface area contributed by atoms with Crippen LogP contribution in [0.25, 0.3) is 11.0 Å². The monoisotopic (exact) mass is 224 g/mol. The first-order valence-electron chi connectivity index (χ1n) is 4.44. The fourth-order valence-electron chi connectivity index (χ4n) is 1.47. The van der Waals surface area contributed by atoms with Crippen molar-refractivity contribution in [3.05, 3.63) is 30.0 Å². The van der Waals surface area contributed by atoms with E-state index in [1.807, 2.05) is 12.1 Å². The van der Waals surface area contributed by atoms with Crippen molar-refractivity contribution in [2.75, 3.05) is 7.11 Å². The molecule has 2 aromatic rings. The van der Waals surface area contributed by atoms with Gasteiger partial charge in [-0.3, -0.25) is 4.79 Å². The zero-order chi connectivity index (χ0) is 10.8. The lowest BCUT2D eigenvalue weighted by Crippen LogP contribution is -1.89. The Kier molecular flexibility index (Phi) is 2.64. The van der Waals surface area contributed by atoms with Crippen molar-refractivity contribution in [1.29, 1.82) is 0 Å². The molecule has 0 bridgehead atoms. The fourth-order valence-corrected chi connectivity index (χ4v) is 1.61. The van der Waals surface area contributed by atoms with Gasteiger partial charge in [0.15, 0.2) is 11.3 Å². The highest BCUT2D eigenvalue weighted by Gasteiger charge is 2.10. The molecular weight excluding hydrogens is 216 g/mol. The molecule has 4 heteroatoms. The Morgan fingerprint density at radius 1 is 1.53 bits per heavy atom. The van der Waals surface area contributed by atoms with E-state index in [4.69, 9.17) is 20.8 Å². The summed E-state index contributed by atoms with van der Waals surface area (Å²) in [4.78, 5) is 10.7. The van der Waals surface area contributed by atoms with E-state index in [0.717, 1.165) is 5.39 Å². The number of ether oxygens (including phenoxy) is 1. The van der Waals surface area contributed by atoms with Gasteiger partial charge in [-0.1, -0.05) is 12.1 Å². The SMILES string of the molecule is COc1cccc2cc(CC(=O)Cl)oc12. The lowest BCUT2D eigenvalue weighted by atomic mass is 10.2. The number of carbonyl (C=O) groups excluding carboxylic acids is 1. The van der Waals surface area contributed by atoms with Gasteiger partial charge < -0.3 is 9.15 Å². The molecule has 0 saturated heterocycles. The number of hydrogen-bond acceptors (Lipinski definition) is 3. The number of hydrogen-bond donors (Lipinski definition) is 0. The number of methoxy groups -OCH3 is 1. The molecule has 0 atom stereocenters. The average molecular weight is 225 g/mol. The third-order valence-corrected chi connectivity index (χ3v) is 2.23. The lowest BCUT2D eigenvalue weighted by molar-refractivity contribution is -0.111. The van der Waals surface area contributed by atoms with Gasteiger partial charge in [0.05, 0.1) is 13.5 Å². The maximum Gasteiger partial charge on any atom is 0.229 e. The third kappa shape index (κ3) is 1.97. The van der Waals surface area contributed by atoms with Gasteiger partial charge in [0.25, 0.3) is 0 Å². The maximum absolute atomic E-state index is 10.7. The standard InChI is InChI=1S/C11H9ClO3/c1-14-9-4-2-3-7-5-8(6-10(12)13)15-11(7)9/h2-5H,6H2,1H3. The molecule has 78 valence electrons. The van der Waals surface area contributed by atoms with E-state index >= 15 is 0 Å². The number of rotatable bonds is 3. The Hall–Kier alpha value is -1.48. The Balaban J connectivity index is 2.50. The summed E-state index contributed by atoms with van der Waals surface area (Å²) < 4.78 is 10.6. The molecule has 0 N–H and O–H groups in total. The molecule has 0 aliphatic carbocycles. The van der Waals surface area contributed by atoms with Crippen LogP contribution in [0.1, 0.15) is 5.76 Å². The van der Waals surface area contributed by atoms with Crippen LogP contribution >= 0.6 is 11.6 Å². The van der Waals surface area contributed by atoms with E-state index in [2.05, 4.69) is 0 Å². The minimum absolute atomic E-state index is 0.0966. The molecular formula is C11H9ClO3. The van der Waals surface area contributed by atoms with Crippen molar-refractivity contribution in [2.24, 2.45) is 0 Å². The van der Waals surface area contributed by atoms with Crippen molar-refractivity contribution in [3.63, 3.8) is 0 Å². The molecule has 0 fully saturated rings. The molecule has 3 nitrogen and oxygen atoms in total. The van der Waals surface area contributed by atoms with Crippen molar-refractivity contribution in [1.82, 2.24) is 0 Å². The van der Waals surface area contributed by atoms with Crippen molar-refractivity contribution >= 4 is 27.8 Å². The number of furan rings is 1. The second kappa shape index (κ2) is 3.95. The zero-order valence-corrected chi connectivity index (χ0v) is 8.88. The predicted molar refractivity (Wildman–Crippen MR) is 57.3 cm³/mol. The summed E-state index contributed by atoms with van der Waals surface area (Å²) in [6.07, 6.45) is 0.0966. The molecule has 1 aromatic carbocycles. The van der Waals surface area contributed by atoms with Crippen LogP contribution in [0.15, 0.2) is 28.7 Å². The molecule has 1 heterocycles. The van der Waals surface area contributed by atoms with Crippen LogP contribution in [0.5, 0.6) is 5.75 Å². The fraction of sp³-hybridized carbons (Fsp3) is 0.182. The molecule has 0 unspecified atom stereocenters. The molecule has 2 rings (SSSR count). The van der Waals surface area contributed by atoms with Gasteiger partial charge in [-0.2, -0.15) is 0 Å². The normalized spacial score (nSPS) is 10.5. The molecule has 15 heavy (non-hydrogen) atoms. The topological polar surface area (TPSA) is 39.4 Å². The average Bonchev–Trinajstić information content (AvgIpc) is 2.58. The van der Waals surface area contributed by atoms with Crippen molar-refractivity contribution in [2.45, 2.75) is 6.42 Å². The Morgan fingerprint density at radius 3 is 3.00 bits per heavy atom. The second-order valence-electron chi connectivity index (χ2n) is 3.12. The van der Waals surface area contributed by atoms with E-state index < -0.39 is 5.24 Å². The van der Waals surface area contributed by atoms with E-state index in [1.54, 1.807) is 19.2 Å². The number of para-hydroxylation sites is 1. The van der Waals surface area contributed by atoms with Gasteiger partial charge in [0.1, 0.15) is 5.76 Å². The minimum atomic E-state index is -0.437. The Bertz CT molecular complexity index is 502. The second-order valence-corrected chi connectivity index (χ2v) is 3.54. The van der Waals surface area contributed by atoms with E-state index in [1.165, 1.54) is 0 Å². The Morgan fingerprint density at radius 2 is 2.33 bits per heavy atom. The first kappa shape index (κ1) is 10.1. The number of fused-ring (bicyclic) bond motifs is 1. The van der Waals surface area contributed by atoms with Gasteiger partial charge in [-0.25, -0.2) is 0 Å². The summed E-state index contributed by atoms with van der Waals surface area (Å²) in [6, 6.07) is 7.35. The van der Waals surface area contributed by atoms with Crippen LogP contribution in [0, 0.1) is 0 Å². The predicted octanol–water partition coefficient (Wildman–Crippen LogP) is 2.75. The van der Waals surface area contributed by atoms with E-state index in [-0.39, 0.29) is 6.42 Å². The van der Waals surface area contributed by atoms with Crippen LogP contribution in [-0.2, 0) is 11.2 Å². The molecule has 0 aliphatic rings. The summed E-state index contributed by atoms with van der Waals surface area (Å²) >= 11 is 5.28. The molecule has 0 spiro atoms. The highest BCUT2D eigenvalue weighted by molar-refractivity contribution is 6.63. The number of halogens is 1. The van der Waals surface area contributed by atoms with Crippen LogP contribution in [0.3, 0.4) is 0 Å². The summed E-state index contributed by atoms with van der Waals surface area (Å²) in [5, 5.41) is 0.468. The first-order chi connectivity index (χ1) is 7.20. The van der Waals surface area contributed by atoms with Gasteiger partial charge in [-0.05, 0) is 23.7 Å². The van der Waals surface area contributed by atoms with E-state index in [9.17, 15) is 4.79 Å². The largest absolute Gasteiger partial charge is 0.493 e. The van der Waals surface area contributed by atoms with Crippen LogP contribution in [-0.4, -0.2) is 12.4 Å². The summed E-state index contributed by atoms with van der Waals surface area (Å²) in [7, 11) is 1.57. The first-order valence-corrected chi connectivity index (χ1v) is 4.82. The molecule has 0 amide bonds.